The van der Waals surface area contributed by atoms with Crippen molar-refractivity contribution in [3.63, 3.8) is 0 Å². The minimum Gasteiger partial charge on any atom is -0.475 e. The second-order valence-electron chi connectivity index (χ2n) is 3.79. The van der Waals surface area contributed by atoms with Crippen LogP contribution < -0.4 is 5.73 Å². The van der Waals surface area contributed by atoms with Crippen LogP contribution in [0.3, 0.4) is 0 Å². The van der Waals surface area contributed by atoms with E-state index in [1.54, 1.807) is 25.1 Å². The van der Waals surface area contributed by atoms with E-state index in [9.17, 15) is 9.59 Å². The molecule has 0 aliphatic carbocycles. The zero-order valence-corrected chi connectivity index (χ0v) is 9.14. The van der Waals surface area contributed by atoms with Gasteiger partial charge in [-0.2, -0.15) is 0 Å². The lowest BCUT2D eigenvalue weighted by molar-refractivity contribution is 0.0664. The Morgan fingerprint density at radius 1 is 1.41 bits per heavy atom. The smallest absolute Gasteiger partial charge is 0.371 e. The zero-order chi connectivity index (χ0) is 12.6. The Bertz CT molecular complexity index is 598. The molecule has 0 saturated carbocycles. The third-order valence-corrected chi connectivity index (χ3v) is 2.43. The largest absolute Gasteiger partial charge is 0.475 e. The average Bonchev–Trinajstić information content (AvgIpc) is 2.71. The molecule has 17 heavy (non-hydrogen) atoms. The molecule has 2 rings (SSSR count). The van der Waals surface area contributed by atoms with Gasteiger partial charge in [0.15, 0.2) is 5.78 Å². The summed E-state index contributed by atoms with van der Waals surface area (Å²) in [7, 11) is 0. The molecule has 1 heterocycles. The van der Waals surface area contributed by atoms with Crippen LogP contribution in [-0.4, -0.2) is 22.9 Å². The van der Waals surface area contributed by atoms with E-state index >= 15 is 0 Å². The number of para-hydroxylation sites is 1. The van der Waals surface area contributed by atoms with Crippen molar-refractivity contribution in [3.05, 3.63) is 35.6 Å². The summed E-state index contributed by atoms with van der Waals surface area (Å²) in [5.74, 6) is -1.63. The Morgan fingerprint density at radius 2 is 2.12 bits per heavy atom. The van der Waals surface area contributed by atoms with Gasteiger partial charge in [0.25, 0.3) is 0 Å². The van der Waals surface area contributed by atoms with Gasteiger partial charge in [-0.05, 0) is 19.1 Å². The molecule has 1 unspecified atom stereocenters. The molecule has 0 spiro atoms. The van der Waals surface area contributed by atoms with Crippen LogP contribution in [0.2, 0.25) is 0 Å². The second kappa shape index (κ2) is 4.03. The van der Waals surface area contributed by atoms with Crippen molar-refractivity contribution in [2.24, 2.45) is 5.73 Å². The molecule has 0 radical (unpaired) electrons. The average molecular weight is 233 g/mol. The SMILES string of the molecule is CC(N)C(=O)c1cccc2cc(C(=O)O)oc12. The minimum absolute atomic E-state index is 0.190. The molecule has 0 aliphatic heterocycles. The van der Waals surface area contributed by atoms with E-state index in [0.29, 0.717) is 10.9 Å². The Kier molecular flexibility index (Phi) is 2.69. The Balaban J connectivity index is 2.65. The highest BCUT2D eigenvalue weighted by Crippen LogP contribution is 2.24. The van der Waals surface area contributed by atoms with Crippen molar-refractivity contribution >= 4 is 22.7 Å². The fraction of sp³-hybridized carbons (Fsp3) is 0.167. The van der Waals surface area contributed by atoms with Gasteiger partial charge in [0.2, 0.25) is 5.76 Å². The van der Waals surface area contributed by atoms with Gasteiger partial charge in [-0.25, -0.2) is 4.79 Å². The van der Waals surface area contributed by atoms with E-state index in [1.807, 2.05) is 0 Å². The van der Waals surface area contributed by atoms with Gasteiger partial charge >= 0.3 is 5.97 Å². The molecule has 5 nitrogen and oxygen atoms in total. The lowest BCUT2D eigenvalue weighted by Gasteiger charge is -2.04. The molecule has 0 fully saturated rings. The lowest BCUT2D eigenvalue weighted by atomic mass is 10.0. The minimum atomic E-state index is -1.17. The molecule has 0 amide bonds. The summed E-state index contributed by atoms with van der Waals surface area (Å²) in [6, 6.07) is 5.65. The summed E-state index contributed by atoms with van der Waals surface area (Å²) < 4.78 is 5.16. The predicted molar refractivity (Wildman–Crippen MR) is 61.2 cm³/mol. The van der Waals surface area contributed by atoms with E-state index < -0.39 is 12.0 Å². The van der Waals surface area contributed by atoms with Crippen LogP contribution in [0.1, 0.15) is 27.8 Å². The third-order valence-electron chi connectivity index (χ3n) is 2.43. The number of benzene rings is 1. The highest BCUT2D eigenvalue weighted by molar-refractivity contribution is 6.09. The van der Waals surface area contributed by atoms with Crippen LogP contribution in [0.25, 0.3) is 11.0 Å². The van der Waals surface area contributed by atoms with Crippen molar-refractivity contribution in [1.29, 1.82) is 0 Å². The summed E-state index contributed by atoms with van der Waals surface area (Å²) in [6.07, 6.45) is 0. The number of hydrogen-bond donors (Lipinski definition) is 2. The predicted octanol–water partition coefficient (Wildman–Crippen LogP) is 1.66. The Morgan fingerprint density at radius 3 is 2.71 bits per heavy atom. The van der Waals surface area contributed by atoms with Gasteiger partial charge in [0, 0.05) is 5.39 Å². The van der Waals surface area contributed by atoms with Crippen molar-refractivity contribution < 1.29 is 19.1 Å². The number of rotatable bonds is 3. The summed E-state index contributed by atoms with van der Waals surface area (Å²) in [4.78, 5) is 22.6. The van der Waals surface area contributed by atoms with Crippen molar-refractivity contribution in [2.45, 2.75) is 13.0 Å². The van der Waals surface area contributed by atoms with Crippen molar-refractivity contribution in [2.75, 3.05) is 0 Å². The number of Topliss-reactive ketones (excluding diaryl/α,β-unsaturated/α-hetero) is 1. The summed E-state index contributed by atoms with van der Waals surface area (Å²) in [6.45, 7) is 1.57. The number of aromatic carboxylic acids is 1. The Labute approximate surface area is 96.8 Å². The maximum atomic E-state index is 11.8. The van der Waals surface area contributed by atoms with Gasteiger partial charge in [-0.15, -0.1) is 0 Å². The summed E-state index contributed by atoms with van der Waals surface area (Å²) >= 11 is 0. The number of carbonyl (C=O) groups excluding carboxylic acids is 1. The number of carboxylic acids is 1. The molecular weight excluding hydrogens is 222 g/mol. The second-order valence-corrected chi connectivity index (χ2v) is 3.79. The molecule has 0 saturated heterocycles. The van der Waals surface area contributed by atoms with E-state index in [1.165, 1.54) is 6.07 Å². The standard InChI is InChI=1S/C12H11NO4/c1-6(13)10(14)8-4-2-3-7-5-9(12(15)16)17-11(7)8/h2-6H,13H2,1H3,(H,15,16). The van der Waals surface area contributed by atoms with Crippen LogP contribution >= 0.6 is 0 Å². The Hall–Kier alpha value is -2.14. The molecule has 3 N–H and O–H groups in total. The van der Waals surface area contributed by atoms with Gasteiger partial charge < -0.3 is 15.3 Å². The molecule has 5 heteroatoms. The molecule has 1 atom stereocenters. The number of hydrogen-bond acceptors (Lipinski definition) is 4. The fourth-order valence-corrected chi connectivity index (χ4v) is 1.61. The first kappa shape index (κ1) is 11.3. The molecular formula is C12H11NO4. The number of nitrogens with two attached hydrogens (primary N) is 1. The van der Waals surface area contributed by atoms with Crippen LogP contribution in [0.5, 0.6) is 0 Å². The van der Waals surface area contributed by atoms with Gasteiger partial charge in [-0.3, -0.25) is 4.79 Å². The van der Waals surface area contributed by atoms with Crippen molar-refractivity contribution in [3.8, 4) is 0 Å². The van der Waals surface area contributed by atoms with Gasteiger partial charge in [0.05, 0.1) is 11.6 Å². The van der Waals surface area contributed by atoms with Crippen LogP contribution in [0, 0.1) is 0 Å². The number of furan rings is 1. The first-order valence-electron chi connectivity index (χ1n) is 5.06. The summed E-state index contributed by atoms with van der Waals surface area (Å²) in [5.41, 5.74) is 6.10. The van der Waals surface area contributed by atoms with E-state index in [0.717, 1.165) is 0 Å². The quantitative estimate of drug-likeness (QED) is 0.786. The normalized spacial score (nSPS) is 12.6. The third kappa shape index (κ3) is 1.92. The van der Waals surface area contributed by atoms with Crippen LogP contribution in [0.4, 0.5) is 0 Å². The molecule has 2 aromatic rings. The fourth-order valence-electron chi connectivity index (χ4n) is 1.61. The van der Waals surface area contributed by atoms with E-state index in [-0.39, 0.29) is 17.1 Å². The lowest BCUT2D eigenvalue weighted by Crippen LogP contribution is -2.26. The first-order chi connectivity index (χ1) is 8.00. The first-order valence-corrected chi connectivity index (χ1v) is 5.06. The number of carbonyl (C=O) groups is 2. The highest BCUT2D eigenvalue weighted by atomic mass is 16.4. The number of fused-ring (bicyclic) bond motifs is 1. The molecule has 1 aromatic carbocycles. The molecule has 88 valence electrons. The number of carboxylic acid groups (broad SMARTS) is 1. The monoisotopic (exact) mass is 233 g/mol. The maximum Gasteiger partial charge on any atom is 0.371 e. The highest BCUT2D eigenvalue weighted by Gasteiger charge is 2.18. The maximum absolute atomic E-state index is 11.8. The molecule has 1 aromatic heterocycles. The number of ketones is 1. The van der Waals surface area contributed by atoms with E-state index in [2.05, 4.69) is 0 Å². The van der Waals surface area contributed by atoms with E-state index in [4.69, 9.17) is 15.3 Å². The van der Waals surface area contributed by atoms with Crippen molar-refractivity contribution in [1.82, 2.24) is 0 Å². The molecule has 0 bridgehead atoms. The van der Waals surface area contributed by atoms with Gasteiger partial charge in [-0.1, -0.05) is 12.1 Å². The van der Waals surface area contributed by atoms with Gasteiger partial charge in [0.1, 0.15) is 5.58 Å². The summed E-state index contributed by atoms with van der Waals surface area (Å²) in [5, 5.41) is 9.40. The zero-order valence-electron chi connectivity index (χ0n) is 9.14. The van der Waals surface area contributed by atoms with Crippen LogP contribution in [0.15, 0.2) is 28.7 Å². The topological polar surface area (TPSA) is 93.5 Å². The van der Waals surface area contributed by atoms with Crippen LogP contribution in [-0.2, 0) is 0 Å². The molecule has 0 aliphatic rings.